The molecule has 188 valence electrons. The number of hydrogen-bond donors (Lipinski definition) is 4. The molecule has 0 aliphatic heterocycles. The molecule has 1 aromatic carbocycles. The number of sulfonamides is 1. The third-order valence-corrected chi connectivity index (χ3v) is 7.89. The molecule has 0 bridgehead atoms. The van der Waals surface area contributed by atoms with Gasteiger partial charge in [-0.25, -0.2) is 26.7 Å². The summed E-state index contributed by atoms with van der Waals surface area (Å²) in [6.07, 6.45) is 0.221. The van der Waals surface area contributed by atoms with Crippen molar-refractivity contribution in [3.63, 3.8) is 0 Å². The lowest BCUT2D eigenvalue weighted by Gasteiger charge is -2.35. The molecule has 0 aromatic heterocycles. The van der Waals surface area contributed by atoms with Crippen molar-refractivity contribution in [3.8, 4) is 0 Å². The maximum absolute atomic E-state index is 12.4. The number of aliphatic hydroxyl groups excluding tert-OH is 1. The van der Waals surface area contributed by atoms with Gasteiger partial charge in [-0.1, -0.05) is 19.3 Å². The number of alkyl halides is 2. The molecule has 1 fully saturated rings. The minimum absolute atomic E-state index is 0.0473. The number of benzene rings is 1. The fourth-order valence-electron chi connectivity index (χ4n) is 3.71. The molecular formula is C21H32F2IN3O5S. The zero-order valence-electron chi connectivity index (χ0n) is 18.9. The second-order valence-electron chi connectivity index (χ2n) is 9.05. The van der Waals surface area contributed by atoms with Crippen molar-refractivity contribution in [2.24, 2.45) is 5.92 Å². The minimum Gasteiger partial charge on any atom is -0.444 e. The van der Waals surface area contributed by atoms with Crippen LogP contribution in [0, 0.1) is 9.49 Å². The zero-order chi connectivity index (χ0) is 24.8. The normalized spacial score (nSPS) is 17.5. The monoisotopic (exact) mass is 603 g/mol. The summed E-state index contributed by atoms with van der Waals surface area (Å²) in [5.41, 5.74) is -0.262. The summed E-state index contributed by atoms with van der Waals surface area (Å²) in [6.45, 7) is 4.29. The average Bonchev–Trinajstić information content (AvgIpc) is 2.69. The van der Waals surface area contributed by atoms with Crippen molar-refractivity contribution in [1.82, 2.24) is 10.0 Å². The lowest BCUT2D eigenvalue weighted by Crippen LogP contribution is -2.52. The van der Waals surface area contributed by atoms with Crippen LogP contribution in [0.1, 0.15) is 52.9 Å². The minimum atomic E-state index is -4.10. The van der Waals surface area contributed by atoms with Gasteiger partial charge in [0.1, 0.15) is 11.8 Å². The Morgan fingerprint density at radius 1 is 1.24 bits per heavy atom. The summed E-state index contributed by atoms with van der Waals surface area (Å²) in [6, 6.07) is 3.59. The van der Waals surface area contributed by atoms with Crippen molar-refractivity contribution in [1.29, 1.82) is 0 Å². The van der Waals surface area contributed by atoms with E-state index >= 15 is 0 Å². The number of hydrogen-bond acceptors (Lipinski definition) is 6. The molecule has 33 heavy (non-hydrogen) atoms. The number of aliphatic hydroxyl groups is 1. The molecule has 8 nitrogen and oxygen atoms in total. The van der Waals surface area contributed by atoms with Crippen molar-refractivity contribution in [3.05, 3.63) is 21.8 Å². The molecular weight excluding hydrogens is 571 g/mol. The van der Waals surface area contributed by atoms with Crippen LogP contribution in [-0.4, -0.2) is 50.5 Å². The molecule has 1 aliphatic carbocycles. The predicted molar refractivity (Wildman–Crippen MR) is 130 cm³/mol. The Kier molecular flexibility index (Phi) is 10.1. The number of carbonyl (C=O) groups excluding carboxylic acids is 1. The molecule has 0 unspecified atom stereocenters. The van der Waals surface area contributed by atoms with Gasteiger partial charge in [-0.3, -0.25) is 0 Å². The SMILES string of the molecule is CC(C)(C)OC(=O)N[C@@H](C1CCCCC1)[C@H](O)Nc1ccc(S(=O)(=O)NCC(F)F)c(I)c1. The average molecular weight is 603 g/mol. The molecule has 1 aromatic rings. The number of ether oxygens (including phenoxy) is 1. The molecule has 0 spiro atoms. The Morgan fingerprint density at radius 3 is 2.42 bits per heavy atom. The molecule has 2 rings (SSSR count). The van der Waals surface area contributed by atoms with Crippen LogP contribution in [-0.2, 0) is 14.8 Å². The van der Waals surface area contributed by atoms with Gasteiger partial charge in [0.2, 0.25) is 10.0 Å². The van der Waals surface area contributed by atoms with Crippen LogP contribution in [0.25, 0.3) is 0 Å². The molecule has 0 heterocycles. The number of halogens is 3. The van der Waals surface area contributed by atoms with Gasteiger partial charge >= 0.3 is 6.09 Å². The van der Waals surface area contributed by atoms with Gasteiger partial charge < -0.3 is 20.5 Å². The Bertz CT molecular complexity index is 906. The molecule has 1 amide bonds. The first-order chi connectivity index (χ1) is 15.3. The van der Waals surface area contributed by atoms with Crippen LogP contribution in [0.5, 0.6) is 0 Å². The van der Waals surface area contributed by atoms with Crippen LogP contribution >= 0.6 is 22.6 Å². The van der Waals surface area contributed by atoms with Gasteiger partial charge in [0.05, 0.1) is 17.5 Å². The fourth-order valence-corrected chi connectivity index (χ4v) is 6.16. The van der Waals surface area contributed by atoms with Gasteiger partial charge in [-0.15, -0.1) is 0 Å². The maximum atomic E-state index is 12.4. The number of rotatable bonds is 9. The van der Waals surface area contributed by atoms with E-state index < -0.39 is 47.0 Å². The molecule has 2 atom stereocenters. The number of carbonyl (C=O) groups is 1. The third-order valence-electron chi connectivity index (χ3n) is 5.14. The molecule has 1 aliphatic rings. The van der Waals surface area contributed by atoms with E-state index in [0.29, 0.717) is 9.26 Å². The smallest absolute Gasteiger partial charge is 0.408 e. The first-order valence-electron chi connectivity index (χ1n) is 10.8. The van der Waals surface area contributed by atoms with E-state index in [1.165, 1.54) is 18.2 Å². The van der Waals surface area contributed by atoms with Gasteiger partial charge in [-0.2, -0.15) is 0 Å². The Hall–Kier alpha value is -1.25. The van der Waals surface area contributed by atoms with Crippen LogP contribution in [0.3, 0.4) is 0 Å². The summed E-state index contributed by atoms with van der Waals surface area (Å²) >= 11 is 1.79. The van der Waals surface area contributed by atoms with Gasteiger partial charge in [0.25, 0.3) is 6.43 Å². The summed E-state index contributed by atoms with van der Waals surface area (Å²) in [5, 5.41) is 16.6. The quantitative estimate of drug-likeness (QED) is 0.250. The summed E-state index contributed by atoms with van der Waals surface area (Å²) < 4.78 is 56.8. The van der Waals surface area contributed by atoms with E-state index in [1.807, 2.05) is 4.72 Å². The van der Waals surface area contributed by atoms with E-state index in [2.05, 4.69) is 10.6 Å². The second kappa shape index (κ2) is 11.9. The maximum Gasteiger partial charge on any atom is 0.408 e. The van der Waals surface area contributed by atoms with Gasteiger partial charge in [-0.05, 0) is 80.3 Å². The highest BCUT2D eigenvalue weighted by atomic mass is 127. The number of nitrogens with one attached hydrogen (secondary N) is 3. The number of amides is 1. The van der Waals surface area contributed by atoms with Crippen LogP contribution in [0.4, 0.5) is 19.3 Å². The largest absolute Gasteiger partial charge is 0.444 e. The van der Waals surface area contributed by atoms with Crippen molar-refractivity contribution in [2.75, 3.05) is 11.9 Å². The Balaban J connectivity index is 2.16. The first-order valence-corrected chi connectivity index (χ1v) is 13.4. The third kappa shape index (κ3) is 9.13. The van der Waals surface area contributed by atoms with Crippen molar-refractivity contribution in [2.45, 2.75) is 82.1 Å². The van der Waals surface area contributed by atoms with E-state index in [9.17, 15) is 27.1 Å². The second-order valence-corrected chi connectivity index (χ2v) is 11.9. The van der Waals surface area contributed by atoms with Crippen molar-refractivity contribution < 1.29 is 31.8 Å². The zero-order valence-corrected chi connectivity index (χ0v) is 21.9. The number of alkyl carbamates (subject to hydrolysis) is 1. The van der Waals surface area contributed by atoms with Gasteiger partial charge in [0.15, 0.2) is 0 Å². The van der Waals surface area contributed by atoms with Crippen molar-refractivity contribution >= 4 is 44.4 Å². The lowest BCUT2D eigenvalue weighted by atomic mass is 9.83. The lowest BCUT2D eigenvalue weighted by molar-refractivity contribution is 0.0367. The summed E-state index contributed by atoms with van der Waals surface area (Å²) in [7, 11) is -4.10. The predicted octanol–water partition coefficient (Wildman–Crippen LogP) is 4.04. The Labute approximate surface area is 207 Å². The van der Waals surface area contributed by atoms with Crippen LogP contribution < -0.4 is 15.4 Å². The first kappa shape index (κ1) is 28.0. The topological polar surface area (TPSA) is 117 Å². The van der Waals surface area contributed by atoms with E-state index in [0.717, 1.165) is 32.1 Å². The van der Waals surface area contributed by atoms with Crippen LogP contribution in [0.15, 0.2) is 23.1 Å². The van der Waals surface area contributed by atoms with E-state index in [4.69, 9.17) is 4.74 Å². The standard InChI is InChI=1S/C21H32F2IN3O5S/c1-21(2,3)32-20(29)27-18(13-7-5-4-6-8-13)19(28)26-14-9-10-16(15(24)11-14)33(30,31)25-12-17(22)23/h9-11,13,17-19,25-26,28H,4-8,12H2,1-3H3,(H,27,29)/t18-,19-/m0/s1. The highest BCUT2D eigenvalue weighted by molar-refractivity contribution is 14.1. The highest BCUT2D eigenvalue weighted by Gasteiger charge is 2.32. The highest BCUT2D eigenvalue weighted by Crippen LogP contribution is 2.29. The fraction of sp³-hybridized carbons (Fsp3) is 0.667. The van der Waals surface area contributed by atoms with E-state index in [-0.39, 0.29) is 10.8 Å². The Morgan fingerprint density at radius 2 is 1.88 bits per heavy atom. The molecule has 12 heteroatoms. The number of anilines is 1. The summed E-state index contributed by atoms with van der Waals surface area (Å²) in [4.78, 5) is 12.2. The molecule has 1 saturated carbocycles. The molecule has 4 N–H and O–H groups in total. The molecule has 0 radical (unpaired) electrons. The van der Waals surface area contributed by atoms with Crippen LogP contribution in [0.2, 0.25) is 0 Å². The molecule has 0 saturated heterocycles. The van der Waals surface area contributed by atoms with Gasteiger partial charge in [0, 0.05) is 9.26 Å². The van der Waals surface area contributed by atoms with E-state index in [1.54, 1.807) is 43.4 Å². The summed E-state index contributed by atoms with van der Waals surface area (Å²) in [5.74, 6) is 0.0473.